The number of rotatable bonds is 5. The van der Waals surface area contributed by atoms with Crippen LogP contribution in [0.15, 0.2) is 18.3 Å². The lowest BCUT2D eigenvalue weighted by atomic mass is 10.2. The fourth-order valence-electron chi connectivity index (χ4n) is 1.81. The van der Waals surface area contributed by atoms with Crippen LogP contribution in [-0.2, 0) is 6.42 Å². The number of ether oxygens (including phenoxy) is 1. The molecular weight excluding hydrogens is 214 g/mol. The number of likely N-dealkylation sites (N-methyl/N-ethyl adjacent to an activating group) is 1. The Hall–Kier alpha value is -1.55. The lowest BCUT2D eigenvalue weighted by Gasteiger charge is -2.12. The molecule has 4 nitrogen and oxygen atoms in total. The van der Waals surface area contributed by atoms with Crippen LogP contribution in [-0.4, -0.2) is 42.1 Å². The van der Waals surface area contributed by atoms with Crippen LogP contribution in [0.1, 0.15) is 12.5 Å². The lowest BCUT2D eigenvalue weighted by Crippen LogP contribution is -2.20. The molecule has 0 aliphatic rings. The number of fused-ring (bicyclic) bond motifs is 1. The molecule has 0 radical (unpaired) electrons. The topological polar surface area (TPSA) is 41.2 Å². The van der Waals surface area contributed by atoms with Crippen molar-refractivity contribution in [2.75, 3.05) is 27.2 Å². The van der Waals surface area contributed by atoms with E-state index in [9.17, 15) is 0 Å². The maximum absolute atomic E-state index is 5.16. The predicted molar refractivity (Wildman–Crippen MR) is 69.5 cm³/mol. The van der Waals surface area contributed by atoms with Crippen molar-refractivity contribution in [2.45, 2.75) is 13.3 Å². The zero-order valence-electron chi connectivity index (χ0n) is 10.7. The van der Waals surface area contributed by atoms with E-state index in [-0.39, 0.29) is 0 Å². The van der Waals surface area contributed by atoms with Crippen molar-refractivity contribution >= 4 is 11.0 Å². The molecule has 0 saturated heterocycles. The minimum absolute atomic E-state index is 0.669. The lowest BCUT2D eigenvalue weighted by molar-refractivity contribution is 0.358. The third-order valence-electron chi connectivity index (χ3n) is 3.09. The third-order valence-corrected chi connectivity index (χ3v) is 3.09. The van der Waals surface area contributed by atoms with Crippen LogP contribution in [0, 0.1) is 0 Å². The highest BCUT2D eigenvalue weighted by Crippen LogP contribution is 2.19. The van der Waals surface area contributed by atoms with Crippen molar-refractivity contribution in [1.82, 2.24) is 14.9 Å². The molecule has 0 aromatic carbocycles. The second-order valence-electron chi connectivity index (χ2n) is 4.21. The van der Waals surface area contributed by atoms with Gasteiger partial charge in [-0.05, 0) is 31.6 Å². The highest BCUT2D eigenvalue weighted by Gasteiger charge is 2.07. The van der Waals surface area contributed by atoms with Crippen molar-refractivity contribution < 1.29 is 4.74 Å². The Morgan fingerprint density at radius 3 is 2.94 bits per heavy atom. The number of hydrogen-bond donors (Lipinski definition) is 1. The molecule has 0 fully saturated rings. The molecular formula is C13H19N3O. The van der Waals surface area contributed by atoms with Crippen LogP contribution in [0.4, 0.5) is 0 Å². The minimum atomic E-state index is 0.669. The fraction of sp³-hybridized carbons (Fsp3) is 0.462. The SMILES string of the molecule is CCN(C)CCc1c[nH]c2ccc(OC)nc12. The van der Waals surface area contributed by atoms with E-state index in [0.717, 1.165) is 30.5 Å². The van der Waals surface area contributed by atoms with E-state index in [1.165, 1.54) is 5.56 Å². The Morgan fingerprint density at radius 1 is 1.41 bits per heavy atom. The molecule has 0 atom stereocenters. The Balaban J connectivity index is 2.22. The van der Waals surface area contributed by atoms with E-state index in [0.29, 0.717) is 5.88 Å². The average molecular weight is 233 g/mol. The molecule has 0 bridgehead atoms. The maximum Gasteiger partial charge on any atom is 0.213 e. The molecule has 1 N–H and O–H groups in total. The summed E-state index contributed by atoms with van der Waals surface area (Å²) in [5, 5.41) is 0. The van der Waals surface area contributed by atoms with Gasteiger partial charge in [0, 0.05) is 18.8 Å². The Bertz CT molecular complexity index is 492. The molecule has 2 aromatic heterocycles. The number of aromatic nitrogens is 2. The first-order valence-electron chi connectivity index (χ1n) is 5.94. The second-order valence-corrected chi connectivity index (χ2v) is 4.21. The van der Waals surface area contributed by atoms with Gasteiger partial charge in [-0.1, -0.05) is 6.92 Å². The van der Waals surface area contributed by atoms with Gasteiger partial charge in [0.25, 0.3) is 0 Å². The molecule has 0 aliphatic heterocycles. The summed E-state index contributed by atoms with van der Waals surface area (Å²) >= 11 is 0. The normalized spacial score (nSPS) is 11.3. The van der Waals surface area contributed by atoms with Crippen molar-refractivity contribution in [3.05, 3.63) is 23.9 Å². The van der Waals surface area contributed by atoms with Gasteiger partial charge in [0.2, 0.25) is 5.88 Å². The third kappa shape index (κ3) is 2.58. The largest absolute Gasteiger partial charge is 0.481 e. The first-order valence-corrected chi connectivity index (χ1v) is 5.94. The van der Waals surface area contributed by atoms with Gasteiger partial charge in [-0.25, -0.2) is 4.98 Å². The summed E-state index contributed by atoms with van der Waals surface area (Å²) in [6, 6.07) is 3.88. The summed E-state index contributed by atoms with van der Waals surface area (Å²) in [4.78, 5) is 10.0. The molecule has 17 heavy (non-hydrogen) atoms. The van der Waals surface area contributed by atoms with Gasteiger partial charge in [-0.2, -0.15) is 0 Å². The Labute approximate surface area is 102 Å². The van der Waals surface area contributed by atoms with Gasteiger partial charge in [0.15, 0.2) is 0 Å². The van der Waals surface area contributed by atoms with Crippen molar-refractivity contribution in [3.8, 4) is 5.88 Å². The summed E-state index contributed by atoms with van der Waals surface area (Å²) in [7, 11) is 3.77. The van der Waals surface area contributed by atoms with Crippen LogP contribution < -0.4 is 4.74 Å². The quantitative estimate of drug-likeness (QED) is 0.859. The highest BCUT2D eigenvalue weighted by atomic mass is 16.5. The molecule has 0 aliphatic carbocycles. The number of hydrogen-bond acceptors (Lipinski definition) is 3. The molecule has 0 saturated carbocycles. The van der Waals surface area contributed by atoms with Gasteiger partial charge < -0.3 is 14.6 Å². The summed E-state index contributed by atoms with van der Waals surface area (Å²) < 4.78 is 5.16. The molecule has 2 heterocycles. The smallest absolute Gasteiger partial charge is 0.213 e. The predicted octanol–water partition coefficient (Wildman–Crippen LogP) is 2.07. The van der Waals surface area contributed by atoms with Gasteiger partial charge in [0.05, 0.1) is 18.1 Å². The van der Waals surface area contributed by atoms with E-state index >= 15 is 0 Å². The summed E-state index contributed by atoms with van der Waals surface area (Å²) in [6.45, 7) is 4.28. The summed E-state index contributed by atoms with van der Waals surface area (Å²) in [5.41, 5.74) is 3.34. The van der Waals surface area contributed by atoms with Gasteiger partial charge in [-0.3, -0.25) is 0 Å². The van der Waals surface area contributed by atoms with Crippen LogP contribution in [0.2, 0.25) is 0 Å². The molecule has 0 amide bonds. The fourth-order valence-corrected chi connectivity index (χ4v) is 1.81. The Kier molecular flexibility index (Phi) is 3.64. The van der Waals surface area contributed by atoms with Gasteiger partial charge in [-0.15, -0.1) is 0 Å². The van der Waals surface area contributed by atoms with Crippen LogP contribution in [0.25, 0.3) is 11.0 Å². The van der Waals surface area contributed by atoms with E-state index < -0.39 is 0 Å². The first-order chi connectivity index (χ1) is 8.24. The van der Waals surface area contributed by atoms with Crippen molar-refractivity contribution in [3.63, 3.8) is 0 Å². The summed E-state index contributed by atoms with van der Waals surface area (Å²) in [5.74, 6) is 0.669. The van der Waals surface area contributed by atoms with E-state index in [4.69, 9.17) is 4.74 Å². The number of nitrogens with zero attached hydrogens (tertiary/aromatic N) is 2. The molecule has 2 aromatic rings. The van der Waals surface area contributed by atoms with Crippen molar-refractivity contribution in [2.24, 2.45) is 0 Å². The number of methoxy groups -OCH3 is 1. The maximum atomic E-state index is 5.16. The van der Waals surface area contributed by atoms with E-state index in [1.807, 2.05) is 18.3 Å². The molecule has 0 spiro atoms. The van der Waals surface area contributed by atoms with Crippen LogP contribution in [0.3, 0.4) is 0 Å². The zero-order chi connectivity index (χ0) is 12.3. The number of pyridine rings is 1. The molecule has 2 rings (SSSR count). The average Bonchev–Trinajstić information content (AvgIpc) is 2.78. The van der Waals surface area contributed by atoms with Crippen LogP contribution >= 0.6 is 0 Å². The van der Waals surface area contributed by atoms with Gasteiger partial charge in [0.1, 0.15) is 0 Å². The second kappa shape index (κ2) is 5.19. The van der Waals surface area contributed by atoms with Crippen molar-refractivity contribution in [1.29, 1.82) is 0 Å². The zero-order valence-corrected chi connectivity index (χ0v) is 10.7. The molecule has 92 valence electrons. The number of nitrogens with one attached hydrogen (secondary N) is 1. The Morgan fingerprint density at radius 2 is 2.24 bits per heavy atom. The number of aromatic amines is 1. The summed E-state index contributed by atoms with van der Waals surface area (Å²) in [6.07, 6.45) is 3.05. The van der Waals surface area contributed by atoms with E-state index in [1.54, 1.807) is 7.11 Å². The standard InChI is InChI=1S/C13H19N3O/c1-4-16(2)8-7-10-9-14-11-5-6-12(17-3)15-13(10)11/h5-6,9,14H,4,7-8H2,1-3H3. The van der Waals surface area contributed by atoms with E-state index in [2.05, 4.69) is 28.8 Å². The molecule has 0 unspecified atom stereocenters. The highest BCUT2D eigenvalue weighted by molar-refractivity contribution is 5.79. The monoisotopic (exact) mass is 233 g/mol. The number of H-pyrrole nitrogens is 1. The first kappa shape index (κ1) is 11.9. The van der Waals surface area contributed by atoms with Gasteiger partial charge >= 0.3 is 0 Å². The minimum Gasteiger partial charge on any atom is -0.481 e. The van der Waals surface area contributed by atoms with Crippen LogP contribution in [0.5, 0.6) is 5.88 Å². The molecule has 4 heteroatoms.